The fourth-order valence-corrected chi connectivity index (χ4v) is 2.07. The van der Waals surface area contributed by atoms with Gasteiger partial charge in [-0.15, -0.1) is 0 Å². The first-order valence-electron chi connectivity index (χ1n) is 5.89. The van der Waals surface area contributed by atoms with E-state index in [2.05, 4.69) is 30.6 Å². The second-order valence-electron chi connectivity index (χ2n) is 4.15. The normalized spacial score (nSPS) is 18.8. The molecule has 0 aliphatic carbocycles. The van der Waals surface area contributed by atoms with Crippen LogP contribution in [0.5, 0.6) is 0 Å². The second-order valence-corrected chi connectivity index (χ2v) is 4.15. The van der Waals surface area contributed by atoms with Crippen LogP contribution in [0.2, 0.25) is 0 Å². The number of likely N-dealkylation sites (N-methyl/N-ethyl adjacent to an activating group) is 1. The first-order valence-corrected chi connectivity index (χ1v) is 5.89. The number of piperidine rings is 1. The molecule has 1 fully saturated rings. The highest BCUT2D eigenvalue weighted by Gasteiger charge is 2.19. The molecule has 1 aliphatic rings. The van der Waals surface area contributed by atoms with Gasteiger partial charge in [0.05, 0.1) is 0 Å². The maximum atomic E-state index is 4.10. The molecule has 1 aliphatic heterocycles. The fourth-order valence-electron chi connectivity index (χ4n) is 2.07. The number of rotatable bonds is 5. The average molecular weight is 196 g/mol. The maximum Gasteiger partial charge on any atom is 0.0192 e. The monoisotopic (exact) mass is 196 g/mol. The highest BCUT2D eigenvalue weighted by Crippen LogP contribution is 2.13. The predicted molar refractivity (Wildman–Crippen MR) is 62.6 cm³/mol. The Morgan fingerprint density at radius 1 is 1.36 bits per heavy atom. The van der Waals surface area contributed by atoms with Crippen molar-refractivity contribution in [2.75, 3.05) is 26.2 Å². The topological polar surface area (TPSA) is 15.3 Å². The van der Waals surface area contributed by atoms with Crippen LogP contribution in [0.15, 0.2) is 12.2 Å². The van der Waals surface area contributed by atoms with Crippen LogP contribution in [-0.4, -0.2) is 37.1 Å². The van der Waals surface area contributed by atoms with Gasteiger partial charge in [0.25, 0.3) is 0 Å². The Balaban J connectivity index is 2.39. The molecule has 2 nitrogen and oxygen atoms in total. The van der Waals surface area contributed by atoms with Gasteiger partial charge in [-0.25, -0.2) is 0 Å². The standard InChI is InChI=1S/C12H24N2/c1-4-11(3)10-14(5-2)12-6-8-13-9-7-12/h12-13H,3-10H2,1-2H3. The molecule has 0 saturated carbocycles. The van der Waals surface area contributed by atoms with Gasteiger partial charge in [-0.3, -0.25) is 4.90 Å². The predicted octanol–water partition coefficient (Wildman–Crippen LogP) is 2.03. The Hall–Kier alpha value is -0.340. The summed E-state index contributed by atoms with van der Waals surface area (Å²) < 4.78 is 0. The van der Waals surface area contributed by atoms with Crippen LogP contribution in [0.4, 0.5) is 0 Å². The van der Waals surface area contributed by atoms with Crippen LogP contribution < -0.4 is 5.32 Å². The van der Waals surface area contributed by atoms with Crippen LogP contribution >= 0.6 is 0 Å². The minimum Gasteiger partial charge on any atom is -0.317 e. The summed E-state index contributed by atoms with van der Waals surface area (Å²) in [6.45, 7) is 13.2. The summed E-state index contributed by atoms with van der Waals surface area (Å²) in [5, 5.41) is 3.41. The van der Waals surface area contributed by atoms with E-state index in [1.807, 2.05) is 0 Å². The Labute approximate surface area is 88.4 Å². The lowest BCUT2D eigenvalue weighted by Gasteiger charge is -2.34. The first-order chi connectivity index (χ1) is 6.77. The molecule has 0 radical (unpaired) electrons. The lowest BCUT2D eigenvalue weighted by molar-refractivity contribution is 0.183. The summed E-state index contributed by atoms with van der Waals surface area (Å²) in [7, 11) is 0. The molecule has 0 aromatic carbocycles. The quantitative estimate of drug-likeness (QED) is 0.677. The Kier molecular flexibility index (Phi) is 5.20. The summed E-state index contributed by atoms with van der Waals surface area (Å²) in [5.41, 5.74) is 1.37. The van der Waals surface area contributed by atoms with Crippen LogP contribution in [0.3, 0.4) is 0 Å². The average Bonchev–Trinajstić information content (AvgIpc) is 2.26. The highest BCUT2D eigenvalue weighted by atomic mass is 15.2. The van der Waals surface area contributed by atoms with Crippen molar-refractivity contribution in [2.45, 2.75) is 39.2 Å². The molecule has 0 atom stereocenters. The van der Waals surface area contributed by atoms with Crippen molar-refractivity contribution in [3.8, 4) is 0 Å². The molecule has 0 spiro atoms. The van der Waals surface area contributed by atoms with Crippen molar-refractivity contribution in [3.05, 3.63) is 12.2 Å². The molecule has 0 amide bonds. The van der Waals surface area contributed by atoms with E-state index in [9.17, 15) is 0 Å². The Morgan fingerprint density at radius 2 is 2.00 bits per heavy atom. The van der Waals surface area contributed by atoms with Crippen LogP contribution in [-0.2, 0) is 0 Å². The van der Waals surface area contributed by atoms with Gasteiger partial charge in [-0.1, -0.05) is 26.0 Å². The van der Waals surface area contributed by atoms with E-state index < -0.39 is 0 Å². The van der Waals surface area contributed by atoms with Crippen molar-refractivity contribution in [1.82, 2.24) is 10.2 Å². The molecule has 0 bridgehead atoms. The molecule has 14 heavy (non-hydrogen) atoms. The molecular formula is C12H24N2. The van der Waals surface area contributed by atoms with E-state index in [1.165, 1.54) is 31.5 Å². The molecule has 0 aromatic rings. The van der Waals surface area contributed by atoms with E-state index in [0.29, 0.717) is 0 Å². The van der Waals surface area contributed by atoms with Gasteiger partial charge >= 0.3 is 0 Å². The molecule has 82 valence electrons. The summed E-state index contributed by atoms with van der Waals surface area (Å²) >= 11 is 0. The molecular weight excluding hydrogens is 172 g/mol. The Bertz CT molecular complexity index is 171. The zero-order chi connectivity index (χ0) is 10.4. The van der Waals surface area contributed by atoms with Gasteiger partial charge in [-0.05, 0) is 38.9 Å². The van der Waals surface area contributed by atoms with Gasteiger partial charge in [-0.2, -0.15) is 0 Å². The third-order valence-electron chi connectivity index (χ3n) is 3.16. The van der Waals surface area contributed by atoms with Gasteiger partial charge in [0, 0.05) is 12.6 Å². The number of hydrogen-bond donors (Lipinski definition) is 1. The SMILES string of the molecule is C=C(CC)CN(CC)C1CCNCC1. The molecule has 1 saturated heterocycles. The maximum absolute atomic E-state index is 4.10. The van der Waals surface area contributed by atoms with Crippen molar-refractivity contribution >= 4 is 0 Å². The summed E-state index contributed by atoms with van der Waals surface area (Å²) in [6.07, 6.45) is 3.71. The van der Waals surface area contributed by atoms with Crippen LogP contribution in [0, 0.1) is 0 Å². The third-order valence-corrected chi connectivity index (χ3v) is 3.16. The molecule has 2 heteroatoms. The third kappa shape index (κ3) is 3.43. The fraction of sp³-hybridized carbons (Fsp3) is 0.833. The zero-order valence-corrected chi connectivity index (χ0v) is 9.68. The number of nitrogens with zero attached hydrogens (tertiary/aromatic N) is 1. The lowest BCUT2D eigenvalue weighted by atomic mass is 10.0. The van der Waals surface area contributed by atoms with E-state index in [-0.39, 0.29) is 0 Å². The number of hydrogen-bond acceptors (Lipinski definition) is 2. The van der Waals surface area contributed by atoms with Gasteiger partial charge in [0.2, 0.25) is 0 Å². The summed E-state index contributed by atoms with van der Waals surface area (Å²) in [5.74, 6) is 0. The summed E-state index contributed by atoms with van der Waals surface area (Å²) in [6, 6.07) is 0.782. The molecule has 0 unspecified atom stereocenters. The van der Waals surface area contributed by atoms with E-state index in [4.69, 9.17) is 0 Å². The number of nitrogens with one attached hydrogen (secondary N) is 1. The second kappa shape index (κ2) is 6.20. The molecule has 1 N–H and O–H groups in total. The van der Waals surface area contributed by atoms with Crippen molar-refractivity contribution in [3.63, 3.8) is 0 Å². The lowest BCUT2D eigenvalue weighted by Crippen LogP contribution is -2.43. The largest absolute Gasteiger partial charge is 0.317 e. The van der Waals surface area contributed by atoms with E-state index in [1.54, 1.807) is 0 Å². The minimum atomic E-state index is 0.782. The van der Waals surface area contributed by atoms with Gasteiger partial charge < -0.3 is 5.32 Å². The molecule has 1 heterocycles. The van der Waals surface area contributed by atoms with Crippen LogP contribution in [0.25, 0.3) is 0 Å². The van der Waals surface area contributed by atoms with E-state index >= 15 is 0 Å². The van der Waals surface area contributed by atoms with Gasteiger partial charge in [0.1, 0.15) is 0 Å². The summed E-state index contributed by atoms with van der Waals surface area (Å²) in [4.78, 5) is 2.58. The van der Waals surface area contributed by atoms with Crippen LogP contribution in [0.1, 0.15) is 33.1 Å². The smallest absolute Gasteiger partial charge is 0.0192 e. The van der Waals surface area contributed by atoms with E-state index in [0.717, 1.165) is 25.6 Å². The Morgan fingerprint density at radius 3 is 2.50 bits per heavy atom. The first kappa shape index (κ1) is 11.7. The van der Waals surface area contributed by atoms with Gasteiger partial charge in [0.15, 0.2) is 0 Å². The molecule has 0 aromatic heterocycles. The molecule has 1 rings (SSSR count). The highest BCUT2D eigenvalue weighted by molar-refractivity contribution is 4.97. The minimum absolute atomic E-state index is 0.782. The van der Waals surface area contributed by atoms with Crippen molar-refractivity contribution < 1.29 is 0 Å². The zero-order valence-electron chi connectivity index (χ0n) is 9.68. The van der Waals surface area contributed by atoms with Crippen molar-refractivity contribution in [1.29, 1.82) is 0 Å². The van der Waals surface area contributed by atoms with Crippen molar-refractivity contribution in [2.24, 2.45) is 0 Å².